The van der Waals surface area contributed by atoms with E-state index in [4.69, 9.17) is 5.26 Å². The second kappa shape index (κ2) is 10.5. The Morgan fingerprint density at radius 2 is 1.45 bits per heavy atom. The molecule has 4 rings (SSSR count). The van der Waals surface area contributed by atoms with Gasteiger partial charge < -0.3 is 0 Å². The fraction of sp³-hybridized carbons (Fsp3) is 0.367. The number of hydrogen-bond donors (Lipinski definition) is 0. The third kappa shape index (κ3) is 5.86. The van der Waals surface area contributed by atoms with Crippen LogP contribution in [0.15, 0.2) is 78.9 Å². The molecule has 0 aliphatic heterocycles. The van der Waals surface area contributed by atoms with Gasteiger partial charge >= 0.3 is 0 Å². The second-order valence-electron chi connectivity index (χ2n) is 9.32. The topological polar surface area (TPSA) is 23.8 Å². The first-order valence-electron chi connectivity index (χ1n) is 11.8. The number of hydrogen-bond acceptors (Lipinski definition) is 1. The van der Waals surface area contributed by atoms with Crippen LogP contribution >= 0.6 is 0 Å². The summed E-state index contributed by atoms with van der Waals surface area (Å²) in [6.07, 6.45) is 8.83. The Hall–Kier alpha value is -2.85. The summed E-state index contributed by atoms with van der Waals surface area (Å²) < 4.78 is 0. The summed E-state index contributed by atoms with van der Waals surface area (Å²) in [5.74, 6) is 2.08. The van der Waals surface area contributed by atoms with Crippen LogP contribution in [0.3, 0.4) is 0 Å². The third-order valence-corrected chi connectivity index (χ3v) is 7.13. The smallest absolute Gasteiger partial charge is 0.0991 e. The Morgan fingerprint density at radius 3 is 2.10 bits per heavy atom. The lowest BCUT2D eigenvalue weighted by Gasteiger charge is -2.29. The molecule has 0 bridgehead atoms. The minimum Gasteiger partial charge on any atom is -0.192 e. The molecule has 0 amide bonds. The Kier molecular flexibility index (Phi) is 7.21. The lowest BCUT2D eigenvalue weighted by Crippen LogP contribution is -2.14. The van der Waals surface area contributed by atoms with Crippen molar-refractivity contribution in [1.82, 2.24) is 0 Å². The van der Waals surface area contributed by atoms with Gasteiger partial charge in [0.15, 0.2) is 0 Å². The van der Waals surface area contributed by atoms with Gasteiger partial charge in [-0.2, -0.15) is 5.26 Å². The molecule has 3 aromatic rings. The van der Waals surface area contributed by atoms with Crippen LogP contribution in [0.1, 0.15) is 78.7 Å². The molecule has 1 nitrogen and oxygen atoms in total. The van der Waals surface area contributed by atoms with E-state index in [1.54, 1.807) is 0 Å². The predicted octanol–water partition coefficient (Wildman–Crippen LogP) is 7.81. The molecule has 1 saturated carbocycles. The molecule has 0 saturated heterocycles. The van der Waals surface area contributed by atoms with E-state index in [9.17, 15) is 0 Å². The van der Waals surface area contributed by atoms with Crippen molar-refractivity contribution < 1.29 is 0 Å². The van der Waals surface area contributed by atoms with E-state index >= 15 is 0 Å². The van der Waals surface area contributed by atoms with Crippen molar-refractivity contribution in [2.75, 3.05) is 0 Å². The van der Waals surface area contributed by atoms with Crippen LogP contribution in [0, 0.1) is 17.2 Å². The molecule has 0 unspecified atom stereocenters. The normalized spacial score (nSPS) is 19.5. The van der Waals surface area contributed by atoms with Gasteiger partial charge in [-0.15, -0.1) is 0 Å². The second-order valence-corrected chi connectivity index (χ2v) is 9.32. The van der Waals surface area contributed by atoms with E-state index in [0.717, 1.165) is 17.9 Å². The molecular weight excluding hydrogens is 374 g/mol. The summed E-state index contributed by atoms with van der Waals surface area (Å²) in [6.45, 7) is 2.32. The minimum atomic E-state index is 0.554. The molecule has 31 heavy (non-hydrogen) atoms. The first kappa shape index (κ1) is 21.4. The molecule has 0 radical (unpaired) electrons. The molecule has 0 aromatic heterocycles. The van der Waals surface area contributed by atoms with Crippen LogP contribution < -0.4 is 0 Å². The Labute approximate surface area is 187 Å². The number of benzene rings is 3. The quantitative estimate of drug-likeness (QED) is 0.392. The maximum Gasteiger partial charge on any atom is 0.0991 e. The Bertz CT molecular complexity index is 971. The van der Waals surface area contributed by atoms with Crippen LogP contribution in [0.5, 0.6) is 0 Å². The fourth-order valence-electron chi connectivity index (χ4n) is 5.08. The van der Waals surface area contributed by atoms with Gasteiger partial charge in [-0.3, -0.25) is 0 Å². The van der Waals surface area contributed by atoms with Gasteiger partial charge in [0.2, 0.25) is 0 Å². The van der Waals surface area contributed by atoms with Crippen LogP contribution in [-0.4, -0.2) is 0 Å². The van der Waals surface area contributed by atoms with E-state index in [2.05, 4.69) is 79.7 Å². The van der Waals surface area contributed by atoms with Gasteiger partial charge in [-0.25, -0.2) is 0 Å². The molecule has 0 N–H and O–H groups in total. The van der Waals surface area contributed by atoms with Crippen molar-refractivity contribution in [2.24, 2.45) is 5.92 Å². The monoisotopic (exact) mass is 407 g/mol. The predicted molar refractivity (Wildman–Crippen MR) is 129 cm³/mol. The Balaban J connectivity index is 1.22. The maximum absolute atomic E-state index is 8.98. The maximum atomic E-state index is 8.98. The summed E-state index contributed by atoms with van der Waals surface area (Å²) in [5, 5.41) is 8.98. The number of nitriles is 1. The number of aryl methyl sites for hydroxylation is 1. The summed E-state index contributed by atoms with van der Waals surface area (Å²) >= 11 is 0. The molecule has 1 aliphatic rings. The molecule has 1 heteroatoms. The number of rotatable bonds is 7. The average Bonchev–Trinajstić information content (AvgIpc) is 2.84. The zero-order valence-corrected chi connectivity index (χ0v) is 18.6. The van der Waals surface area contributed by atoms with E-state index in [0.29, 0.717) is 11.8 Å². The van der Waals surface area contributed by atoms with Crippen LogP contribution in [0.4, 0.5) is 0 Å². The molecule has 3 aromatic carbocycles. The van der Waals surface area contributed by atoms with Gasteiger partial charge in [-0.1, -0.05) is 73.7 Å². The largest absolute Gasteiger partial charge is 0.192 e. The van der Waals surface area contributed by atoms with Crippen molar-refractivity contribution in [3.8, 4) is 6.07 Å². The standard InChI is InChI=1S/C30H33N/c1-23(28-5-3-2-4-6-28)21-26-11-9-24(10-12-26)7-8-25-13-17-29(18-14-25)30-19-15-27(22-31)16-20-30/h2-6,9-12,15-16,19-20,23,25,29H,7-8,13-14,17-18,21H2,1H3/t23-,25?,29?/m0/s1. The van der Waals surface area contributed by atoms with Gasteiger partial charge in [0, 0.05) is 0 Å². The lowest BCUT2D eigenvalue weighted by atomic mass is 9.77. The molecule has 1 fully saturated rings. The first-order valence-corrected chi connectivity index (χ1v) is 11.8. The number of nitrogens with zero attached hydrogens (tertiary/aromatic N) is 1. The fourth-order valence-corrected chi connectivity index (χ4v) is 5.08. The van der Waals surface area contributed by atoms with E-state index < -0.39 is 0 Å². The highest BCUT2D eigenvalue weighted by Crippen LogP contribution is 2.37. The molecule has 1 atom stereocenters. The first-order chi connectivity index (χ1) is 15.2. The van der Waals surface area contributed by atoms with Crippen LogP contribution in [-0.2, 0) is 12.8 Å². The van der Waals surface area contributed by atoms with Gasteiger partial charge in [0.1, 0.15) is 0 Å². The summed E-state index contributed by atoms with van der Waals surface area (Å²) in [6, 6.07) is 30.6. The van der Waals surface area contributed by atoms with Crippen LogP contribution in [0.25, 0.3) is 0 Å². The summed E-state index contributed by atoms with van der Waals surface area (Å²) in [4.78, 5) is 0. The minimum absolute atomic E-state index is 0.554. The highest BCUT2D eigenvalue weighted by Gasteiger charge is 2.22. The van der Waals surface area contributed by atoms with E-state index in [1.165, 1.54) is 60.8 Å². The molecule has 1 aliphatic carbocycles. The highest BCUT2D eigenvalue weighted by atomic mass is 14.3. The van der Waals surface area contributed by atoms with Gasteiger partial charge in [0.05, 0.1) is 11.6 Å². The van der Waals surface area contributed by atoms with Crippen molar-refractivity contribution in [1.29, 1.82) is 5.26 Å². The summed E-state index contributed by atoms with van der Waals surface area (Å²) in [5.41, 5.74) is 6.51. The Morgan fingerprint density at radius 1 is 0.806 bits per heavy atom. The molecule has 0 heterocycles. The van der Waals surface area contributed by atoms with Gasteiger partial charge in [-0.05, 0) is 97.1 Å². The average molecular weight is 408 g/mol. The molecule has 0 spiro atoms. The zero-order valence-electron chi connectivity index (χ0n) is 18.6. The molecule has 158 valence electrons. The van der Waals surface area contributed by atoms with Crippen molar-refractivity contribution in [3.05, 3.63) is 107 Å². The highest BCUT2D eigenvalue weighted by molar-refractivity contribution is 5.33. The van der Waals surface area contributed by atoms with E-state index in [-0.39, 0.29) is 0 Å². The van der Waals surface area contributed by atoms with Crippen molar-refractivity contribution in [3.63, 3.8) is 0 Å². The zero-order chi connectivity index (χ0) is 21.5. The lowest BCUT2D eigenvalue weighted by molar-refractivity contribution is 0.310. The summed E-state index contributed by atoms with van der Waals surface area (Å²) in [7, 11) is 0. The molecular formula is C30H33N. The van der Waals surface area contributed by atoms with Gasteiger partial charge in [0.25, 0.3) is 0 Å². The van der Waals surface area contributed by atoms with Crippen molar-refractivity contribution in [2.45, 2.75) is 63.7 Å². The van der Waals surface area contributed by atoms with E-state index in [1.807, 2.05) is 12.1 Å². The SMILES string of the molecule is C[C@@H](Cc1ccc(CCC2CCC(c3ccc(C#N)cc3)CC2)cc1)c1ccccc1. The third-order valence-electron chi connectivity index (χ3n) is 7.13. The van der Waals surface area contributed by atoms with Crippen LogP contribution in [0.2, 0.25) is 0 Å². The van der Waals surface area contributed by atoms with Crippen molar-refractivity contribution >= 4 is 0 Å².